The molecule has 0 radical (unpaired) electrons. The summed E-state index contributed by atoms with van der Waals surface area (Å²) in [6.07, 6.45) is 1.54. The first-order valence-electron chi connectivity index (χ1n) is 9.69. The lowest BCUT2D eigenvalue weighted by Gasteiger charge is -2.14. The van der Waals surface area contributed by atoms with Crippen molar-refractivity contribution in [2.75, 3.05) is 4.72 Å². The van der Waals surface area contributed by atoms with Crippen molar-refractivity contribution in [2.45, 2.75) is 13.5 Å². The lowest BCUT2D eigenvalue weighted by molar-refractivity contribution is 0.290. The quantitative estimate of drug-likeness (QED) is 0.199. The van der Waals surface area contributed by atoms with Crippen LogP contribution >= 0.6 is 11.6 Å². The van der Waals surface area contributed by atoms with E-state index in [1.165, 1.54) is 11.2 Å². The van der Waals surface area contributed by atoms with E-state index in [0.29, 0.717) is 22.8 Å². The summed E-state index contributed by atoms with van der Waals surface area (Å²) in [7, 11) is -3.71. The summed E-state index contributed by atoms with van der Waals surface area (Å²) >= 11 is 5.98. The summed E-state index contributed by atoms with van der Waals surface area (Å²) in [6.45, 7) is 2.25. The smallest absolute Gasteiger partial charge is 0.255 e. The summed E-state index contributed by atoms with van der Waals surface area (Å²) < 4.78 is 27.4. The Morgan fingerprint density at radius 3 is 2.59 bits per heavy atom. The summed E-state index contributed by atoms with van der Waals surface area (Å²) in [5, 5.41) is 7.09. The maximum atomic E-state index is 12.4. The van der Waals surface area contributed by atoms with Crippen LogP contribution in [0.1, 0.15) is 22.3 Å². The molecule has 5 N–H and O–H groups in total. The van der Waals surface area contributed by atoms with Crippen molar-refractivity contribution in [3.8, 4) is 0 Å². The first-order chi connectivity index (χ1) is 15.2. The topological polar surface area (TPSA) is 114 Å². The number of sulfonamides is 1. The molecular weight excluding hydrogens is 446 g/mol. The second-order valence-electron chi connectivity index (χ2n) is 7.16. The predicted molar refractivity (Wildman–Crippen MR) is 131 cm³/mol. The number of hydrazine groups is 1. The lowest BCUT2D eigenvalue weighted by Crippen LogP contribution is -2.29. The molecule has 0 atom stereocenters. The normalized spacial score (nSPS) is 12.2. The fraction of sp³-hybridized carbons (Fsp3) is 0.0870. The van der Waals surface area contributed by atoms with Crippen LogP contribution in [0.2, 0.25) is 5.02 Å². The van der Waals surface area contributed by atoms with Gasteiger partial charge in [-0.25, -0.2) is 19.4 Å². The van der Waals surface area contributed by atoms with Crippen molar-refractivity contribution in [1.82, 2.24) is 5.12 Å². The molecule has 7 nitrogen and oxygen atoms in total. The number of nitrogens with one attached hydrogen (secondary N) is 1. The van der Waals surface area contributed by atoms with E-state index in [0.717, 1.165) is 22.1 Å². The maximum Gasteiger partial charge on any atom is 0.255 e. The zero-order valence-corrected chi connectivity index (χ0v) is 19.0. The number of nitrogens with zero attached hydrogens (tertiary/aromatic N) is 2. The fourth-order valence-corrected chi connectivity index (χ4v) is 4.01. The molecule has 3 rings (SSSR count). The number of nitrogens with two attached hydrogens (primary N) is 2. The molecule has 0 amide bonds. The summed E-state index contributed by atoms with van der Waals surface area (Å²) in [4.78, 5) is 0. The minimum atomic E-state index is -3.71. The van der Waals surface area contributed by atoms with Gasteiger partial charge in [0.2, 0.25) is 0 Å². The summed E-state index contributed by atoms with van der Waals surface area (Å²) in [5.41, 5.74) is 9.66. The van der Waals surface area contributed by atoms with Crippen LogP contribution in [0.15, 0.2) is 83.3 Å². The molecule has 0 aliphatic heterocycles. The molecule has 9 heteroatoms. The van der Waals surface area contributed by atoms with E-state index in [1.807, 2.05) is 43.3 Å². The maximum absolute atomic E-state index is 12.4. The molecule has 0 aliphatic rings. The molecule has 3 aromatic rings. The third kappa shape index (κ3) is 7.12. The van der Waals surface area contributed by atoms with Crippen LogP contribution in [0.5, 0.6) is 0 Å². The summed E-state index contributed by atoms with van der Waals surface area (Å²) in [5.74, 6) is 6.09. The van der Waals surface area contributed by atoms with Gasteiger partial charge in [-0.3, -0.25) is 4.72 Å². The van der Waals surface area contributed by atoms with Gasteiger partial charge in [-0.05, 0) is 48.4 Å². The van der Waals surface area contributed by atoms with Crippen LogP contribution in [-0.2, 0) is 16.6 Å². The Hall–Kier alpha value is -3.33. The van der Waals surface area contributed by atoms with Crippen molar-refractivity contribution in [2.24, 2.45) is 16.7 Å². The van der Waals surface area contributed by atoms with Gasteiger partial charge in [-0.15, -0.1) is 5.10 Å². The van der Waals surface area contributed by atoms with Crippen LogP contribution in [0.25, 0.3) is 6.08 Å². The van der Waals surface area contributed by atoms with E-state index in [4.69, 9.17) is 23.2 Å². The van der Waals surface area contributed by atoms with E-state index in [9.17, 15) is 8.42 Å². The predicted octanol–water partition coefficient (Wildman–Crippen LogP) is 4.06. The Bertz CT molecular complexity index is 1260. The summed E-state index contributed by atoms with van der Waals surface area (Å²) in [6, 6.07) is 21.4. The van der Waals surface area contributed by atoms with Crippen molar-refractivity contribution >= 4 is 39.2 Å². The number of halogens is 1. The van der Waals surface area contributed by atoms with E-state index in [2.05, 4.69) is 9.82 Å². The Labute approximate surface area is 193 Å². The van der Waals surface area contributed by atoms with Gasteiger partial charge in [0.15, 0.2) is 5.84 Å². The number of hydrazone groups is 1. The SMILES string of the molecule is Cc1cccc(/C=C/S(=O)(=O)Nc2cccc(/C(N)=N/N(N)Cc3cccc(Cl)c3)c2)c1. The highest BCUT2D eigenvalue weighted by Gasteiger charge is 2.08. The number of benzene rings is 3. The molecule has 0 spiro atoms. The molecule has 0 saturated heterocycles. The fourth-order valence-electron chi connectivity index (χ4n) is 2.94. The van der Waals surface area contributed by atoms with Crippen LogP contribution in [0, 0.1) is 6.92 Å². The second-order valence-corrected chi connectivity index (χ2v) is 9.16. The first-order valence-corrected chi connectivity index (χ1v) is 11.6. The molecule has 3 aromatic carbocycles. The number of rotatable bonds is 8. The monoisotopic (exact) mass is 469 g/mol. The molecular formula is C23H24ClN5O2S. The number of aryl methyl sites for hydroxylation is 1. The molecule has 0 aromatic heterocycles. The van der Waals surface area contributed by atoms with Gasteiger partial charge in [-0.1, -0.05) is 65.7 Å². The van der Waals surface area contributed by atoms with Crippen LogP contribution in [-0.4, -0.2) is 19.4 Å². The third-order valence-corrected chi connectivity index (χ3v) is 5.62. The van der Waals surface area contributed by atoms with Crippen LogP contribution in [0.4, 0.5) is 5.69 Å². The van der Waals surface area contributed by atoms with Gasteiger partial charge in [0.1, 0.15) is 0 Å². The molecule has 0 heterocycles. The molecule has 166 valence electrons. The van der Waals surface area contributed by atoms with Gasteiger partial charge in [0.05, 0.1) is 12.0 Å². The van der Waals surface area contributed by atoms with E-state index in [1.54, 1.807) is 36.4 Å². The number of hydrogen-bond donors (Lipinski definition) is 3. The minimum Gasteiger partial charge on any atom is -0.382 e. The van der Waals surface area contributed by atoms with Gasteiger partial charge in [0, 0.05) is 16.3 Å². The Balaban J connectivity index is 1.70. The van der Waals surface area contributed by atoms with Crippen molar-refractivity contribution in [1.29, 1.82) is 0 Å². The molecule has 0 aliphatic carbocycles. The minimum absolute atomic E-state index is 0.144. The number of amidine groups is 1. The van der Waals surface area contributed by atoms with Gasteiger partial charge >= 0.3 is 0 Å². The molecule has 0 bridgehead atoms. The second kappa shape index (κ2) is 10.3. The first kappa shape index (κ1) is 23.3. The highest BCUT2D eigenvalue weighted by molar-refractivity contribution is 7.95. The third-order valence-electron chi connectivity index (χ3n) is 4.37. The molecule has 0 fully saturated rings. The Morgan fingerprint density at radius 2 is 1.84 bits per heavy atom. The average molecular weight is 470 g/mol. The highest BCUT2D eigenvalue weighted by atomic mass is 35.5. The Kier molecular flexibility index (Phi) is 7.53. The molecule has 0 unspecified atom stereocenters. The zero-order chi connectivity index (χ0) is 23.1. The van der Waals surface area contributed by atoms with Crippen LogP contribution in [0.3, 0.4) is 0 Å². The average Bonchev–Trinajstić information content (AvgIpc) is 2.72. The largest absolute Gasteiger partial charge is 0.382 e. The Morgan fingerprint density at radius 1 is 1.09 bits per heavy atom. The van der Waals surface area contributed by atoms with E-state index in [-0.39, 0.29) is 5.84 Å². The number of anilines is 1. The number of hydrogen-bond acceptors (Lipinski definition) is 5. The van der Waals surface area contributed by atoms with E-state index < -0.39 is 10.0 Å². The zero-order valence-electron chi connectivity index (χ0n) is 17.4. The van der Waals surface area contributed by atoms with Gasteiger partial charge in [0.25, 0.3) is 10.0 Å². The lowest BCUT2D eigenvalue weighted by atomic mass is 10.1. The van der Waals surface area contributed by atoms with Crippen LogP contribution < -0.4 is 16.3 Å². The van der Waals surface area contributed by atoms with Crippen molar-refractivity contribution in [3.05, 3.63) is 105 Å². The van der Waals surface area contributed by atoms with Crippen molar-refractivity contribution < 1.29 is 8.42 Å². The standard InChI is InChI=1S/C23H24ClN5O2S/c1-17-5-2-6-18(13-17)11-12-32(30,31)28-22-10-4-8-20(15-22)23(25)27-29(26)16-19-7-3-9-21(24)14-19/h2-15,28H,16,26H2,1H3,(H2,25,27)/b12-11+. The van der Waals surface area contributed by atoms with Gasteiger partial charge < -0.3 is 5.73 Å². The molecule has 0 saturated carbocycles. The van der Waals surface area contributed by atoms with Crippen molar-refractivity contribution in [3.63, 3.8) is 0 Å². The van der Waals surface area contributed by atoms with E-state index >= 15 is 0 Å². The molecule has 32 heavy (non-hydrogen) atoms. The van der Waals surface area contributed by atoms with Gasteiger partial charge in [-0.2, -0.15) is 0 Å². The highest BCUT2D eigenvalue weighted by Crippen LogP contribution is 2.15.